The van der Waals surface area contributed by atoms with Gasteiger partial charge in [0.05, 0.1) is 13.2 Å². The van der Waals surface area contributed by atoms with E-state index in [1.807, 2.05) is 36.4 Å². The van der Waals surface area contributed by atoms with Gasteiger partial charge < -0.3 is 19.7 Å². The highest BCUT2D eigenvalue weighted by Crippen LogP contribution is 2.17. The minimum Gasteiger partial charge on any atom is -0.508 e. The van der Waals surface area contributed by atoms with Gasteiger partial charge in [-0.2, -0.15) is 0 Å². The minimum atomic E-state index is -0.0761. The number of aromatic hydroxyl groups is 2. The van der Waals surface area contributed by atoms with E-state index in [4.69, 9.17) is 9.47 Å². The molecule has 0 saturated heterocycles. The van der Waals surface area contributed by atoms with Crippen molar-refractivity contribution in [3.8, 4) is 23.0 Å². The van der Waals surface area contributed by atoms with Gasteiger partial charge in [0.1, 0.15) is 23.0 Å². The number of rotatable bonds is 18. The van der Waals surface area contributed by atoms with Crippen LogP contribution in [0.25, 0.3) is 12.2 Å². The summed E-state index contributed by atoms with van der Waals surface area (Å²) in [6.07, 6.45) is 15.8. The number of hydrogen-bond donors (Lipinski definition) is 2. The van der Waals surface area contributed by atoms with Crippen molar-refractivity contribution in [2.75, 3.05) is 13.2 Å². The topological polar surface area (TPSA) is 93.1 Å². The summed E-state index contributed by atoms with van der Waals surface area (Å²) in [5.41, 5.74) is 2.81. The Labute approximate surface area is 285 Å². The molecule has 0 spiro atoms. The molecule has 0 aliphatic rings. The number of carbonyl (C=O) groups excluding carboxylic acids is 2. The predicted molar refractivity (Wildman–Crippen MR) is 195 cm³/mol. The van der Waals surface area contributed by atoms with E-state index in [9.17, 15) is 19.8 Å². The molecular weight excluding hydrogens is 600 g/mol. The number of benzene rings is 4. The van der Waals surface area contributed by atoms with E-state index in [1.165, 1.54) is 50.7 Å². The highest BCUT2D eigenvalue weighted by atomic mass is 16.5. The largest absolute Gasteiger partial charge is 0.508 e. The molecule has 0 heterocycles. The van der Waals surface area contributed by atoms with Crippen LogP contribution in [0.2, 0.25) is 0 Å². The fourth-order valence-corrected chi connectivity index (χ4v) is 4.66. The van der Waals surface area contributed by atoms with Crippen molar-refractivity contribution in [2.24, 2.45) is 0 Å². The summed E-state index contributed by atoms with van der Waals surface area (Å²) in [5.74, 6) is 1.80. The Morgan fingerprint density at radius 2 is 0.938 bits per heavy atom. The van der Waals surface area contributed by atoms with Gasteiger partial charge in [-0.05, 0) is 109 Å². The van der Waals surface area contributed by atoms with Crippen molar-refractivity contribution in [1.82, 2.24) is 0 Å². The average Bonchev–Trinajstić information content (AvgIpc) is 3.10. The van der Waals surface area contributed by atoms with E-state index in [0.717, 1.165) is 35.5 Å². The first-order chi connectivity index (χ1) is 23.4. The monoisotopic (exact) mass is 648 g/mol. The van der Waals surface area contributed by atoms with Crippen molar-refractivity contribution in [3.05, 3.63) is 131 Å². The second-order valence-corrected chi connectivity index (χ2v) is 11.5. The number of phenols is 2. The normalized spacial score (nSPS) is 10.9. The van der Waals surface area contributed by atoms with Crippen LogP contribution in [0.4, 0.5) is 0 Å². The molecule has 0 aliphatic carbocycles. The molecule has 0 amide bonds. The maximum Gasteiger partial charge on any atom is 0.185 e. The zero-order chi connectivity index (χ0) is 34.4. The Morgan fingerprint density at radius 1 is 0.542 bits per heavy atom. The summed E-state index contributed by atoms with van der Waals surface area (Å²) in [4.78, 5) is 24.3. The summed E-state index contributed by atoms with van der Waals surface area (Å²) in [6.45, 7) is 5.80. The third kappa shape index (κ3) is 14.5. The van der Waals surface area contributed by atoms with Crippen LogP contribution < -0.4 is 9.47 Å². The van der Waals surface area contributed by atoms with E-state index in [2.05, 4.69) is 13.8 Å². The first kappa shape index (κ1) is 37.4. The Balaban J connectivity index is 0.000000260. The molecule has 0 aliphatic heterocycles. The molecule has 0 saturated carbocycles. The maximum atomic E-state index is 12.2. The lowest BCUT2D eigenvalue weighted by Crippen LogP contribution is -1.98. The molecule has 0 atom stereocenters. The van der Waals surface area contributed by atoms with Gasteiger partial charge in [0.25, 0.3) is 0 Å². The van der Waals surface area contributed by atoms with Gasteiger partial charge in [-0.1, -0.05) is 88.8 Å². The van der Waals surface area contributed by atoms with Crippen LogP contribution in [-0.2, 0) is 0 Å². The first-order valence-corrected chi connectivity index (χ1v) is 16.9. The third-order valence-corrected chi connectivity index (χ3v) is 7.41. The summed E-state index contributed by atoms with van der Waals surface area (Å²) in [5, 5.41) is 18.8. The van der Waals surface area contributed by atoms with Crippen LogP contribution in [0.5, 0.6) is 23.0 Å². The molecule has 6 heteroatoms. The quantitative estimate of drug-likeness (QED) is 0.0634. The maximum absolute atomic E-state index is 12.2. The van der Waals surface area contributed by atoms with E-state index in [0.29, 0.717) is 24.3 Å². The van der Waals surface area contributed by atoms with Crippen LogP contribution >= 0.6 is 0 Å². The number of allylic oxidation sites excluding steroid dienone is 2. The van der Waals surface area contributed by atoms with Gasteiger partial charge in [-0.25, -0.2) is 0 Å². The Hall–Kier alpha value is -5.10. The number of unbranched alkanes of at least 4 members (excludes halogenated alkanes) is 6. The molecule has 0 bridgehead atoms. The Kier molecular flexibility index (Phi) is 16.8. The summed E-state index contributed by atoms with van der Waals surface area (Å²) >= 11 is 0. The zero-order valence-electron chi connectivity index (χ0n) is 28.1. The van der Waals surface area contributed by atoms with Crippen molar-refractivity contribution < 1.29 is 29.3 Å². The lowest BCUT2D eigenvalue weighted by molar-refractivity contribution is 0.103. The third-order valence-electron chi connectivity index (χ3n) is 7.41. The van der Waals surface area contributed by atoms with Gasteiger partial charge in [-0.15, -0.1) is 0 Å². The number of hydrogen-bond acceptors (Lipinski definition) is 6. The van der Waals surface area contributed by atoms with Crippen LogP contribution in [0.3, 0.4) is 0 Å². The van der Waals surface area contributed by atoms with Gasteiger partial charge in [0.15, 0.2) is 11.6 Å². The Morgan fingerprint density at radius 3 is 1.29 bits per heavy atom. The van der Waals surface area contributed by atoms with E-state index in [-0.39, 0.29) is 23.1 Å². The van der Waals surface area contributed by atoms with Crippen LogP contribution in [-0.4, -0.2) is 35.0 Å². The van der Waals surface area contributed by atoms with E-state index in [1.54, 1.807) is 72.8 Å². The molecular formula is C42H48O6. The first-order valence-electron chi connectivity index (χ1n) is 16.9. The molecule has 4 aromatic carbocycles. The van der Waals surface area contributed by atoms with Crippen LogP contribution in [0.15, 0.2) is 109 Å². The second-order valence-electron chi connectivity index (χ2n) is 11.5. The van der Waals surface area contributed by atoms with E-state index >= 15 is 0 Å². The molecule has 2 N–H and O–H groups in total. The molecule has 252 valence electrons. The number of ether oxygens (including phenoxy) is 2. The number of ketones is 2. The highest BCUT2D eigenvalue weighted by molar-refractivity contribution is 6.07. The zero-order valence-corrected chi connectivity index (χ0v) is 28.1. The predicted octanol–water partition coefficient (Wildman–Crippen LogP) is 10.5. The lowest BCUT2D eigenvalue weighted by atomic mass is 10.1. The highest BCUT2D eigenvalue weighted by Gasteiger charge is 2.04. The Bertz CT molecular complexity index is 1460. The van der Waals surface area contributed by atoms with E-state index < -0.39 is 0 Å². The number of phenolic OH excluding ortho intramolecular Hbond substituents is 2. The summed E-state index contributed by atoms with van der Waals surface area (Å²) in [7, 11) is 0. The standard InChI is InChI=1S/2C21H24O3/c2*1-2-3-4-5-15-24-20-12-10-18(11-13-20)21(23)14-9-17-7-6-8-19(22)16-17/h2*6-14,16,22H,2-5,15H2,1H3/b2*14-9+. The van der Waals surface area contributed by atoms with Crippen molar-refractivity contribution in [1.29, 1.82) is 0 Å². The smallest absolute Gasteiger partial charge is 0.185 e. The molecule has 0 unspecified atom stereocenters. The SMILES string of the molecule is CCCCCCOc1ccc(C(=O)/C=C/c2cccc(O)c2)cc1.CCCCCCOc1ccc(C(=O)/C=C/c2cccc(O)c2)cc1. The van der Waals surface area contributed by atoms with Crippen LogP contribution in [0, 0.1) is 0 Å². The van der Waals surface area contributed by atoms with Crippen molar-refractivity contribution in [3.63, 3.8) is 0 Å². The fraction of sp³-hybridized carbons (Fsp3) is 0.286. The molecule has 4 aromatic rings. The summed E-state index contributed by atoms with van der Waals surface area (Å²) < 4.78 is 11.3. The molecule has 48 heavy (non-hydrogen) atoms. The second kappa shape index (κ2) is 21.6. The minimum absolute atomic E-state index is 0.0761. The molecule has 6 nitrogen and oxygen atoms in total. The van der Waals surface area contributed by atoms with Crippen molar-refractivity contribution in [2.45, 2.75) is 65.2 Å². The molecule has 0 radical (unpaired) electrons. The van der Waals surface area contributed by atoms with Gasteiger partial charge in [-0.3, -0.25) is 9.59 Å². The van der Waals surface area contributed by atoms with Crippen molar-refractivity contribution >= 4 is 23.7 Å². The molecule has 0 fully saturated rings. The number of carbonyl (C=O) groups is 2. The van der Waals surface area contributed by atoms with Gasteiger partial charge >= 0.3 is 0 Å². The average molecular weight is 649 g/mol. The van der Waals surface area contributed by atoms with Gasteiger partial charge in [0.2, 0.25) is 0 Å². The molecule has 0 aromatic heterocycles. The lowest BCUT2D eigenvalue weighted by Gasteiger charge is -2.06. The van der Waals surface area contributed by atoms with Crippen LogP contribution in [0.1, 0.15) is 97.1 Å². The fourth-order valence-electron chi connectivity index (χ4n) is 4.66. The summed E-state index contributed by atoms with van der Waals surface area (Å²) in [6, 6.07) is 28.0. The molecule has 4 rings (SSSR count). The van der Waals surface area contributed by atoms with Gasteiger partial charge in [0, 0.05) is 11.1 Å².